The fourth-order valence-corrected chi connectivity index (χ4v) is 3.67. The molecule has 2 aliphatic carbocycles. The van der Waals surface area contributed by atoms with Crippen LogP contribution >= 0.6 is 0 Å². The van der Waals surface area contributed by atoms with E-state index >= 15 is 0 Å². The Labute approximate surface area is 113 Å². The summed E-state index contributed by atoms with van der Waals surface area (Å²) < 4.78 is 0. The van der Waals surface area contributed by atoms with E-state index < -0.39 is 5.54 Å². The van der Waals surface area contributed by atoms with Crippen LogP contribution in [0.15, 0.2) is 40.2 Å². The van der Waals surface area contributed by atoms with Gasteiger partial charge in [-0.05, 0) is 43.4 Å². The third kappa shape index (κ3) is 1.72. The lowest BCUT2D eigenvalue weighted by atomic mass is 9.63. The van der Waals surface area contributed by atoms with Gasteiger partial charge in [-0.2, -0.15) is 0 Å². The van der Waals surface area contributed by atoms with Crippen LogP contribution in [0.4, 0.5) is 0 Å². The first kappa shape index (κ1) is 12.4. The van der Waals surface area contributed by atoms with Crippen LogP contribution in [0.5, 0.6) is 0 Å². The van der Waals surface area contributed by atoms with E-state index in [0.717, 1.165) is 30.5 Å². The summed E-state index contributed by atoms with van der Waals surface area (Å²) in [6.07, 6.45) is 7.26. The third-order valence-corrected chi connectivity index (χ3v) is 4.53. The van der Waals surface area contributed by atoms with Crippen molar-refractivity contribution in [1.29, 1.82) is 0 Å². The summed E-state index contributed by atoms with van der Waals surface area (Å²) in [5.74, 6) is 0.337. The molecule has 3 rings (SSSR count). The quantitative estimate of drug-likeness (QED) is 0.758. The van der Waals surface area contributed by atoms with E-state index in [2.05, 4.69) is 31.0 Å². The van der Waals surface area contributed by atoms with Crippen LogP contribution < -0.4 is 11.3 Å². The highest BCUT2D eigenvalue weighted by Crippen LogP contribution is 2.48. The highest BCUT2D eigenvalue weighted by atomic mass is 16.1. The molecule has 3 heteroatoms. The molecule has 100 valence electrons. The second-order valence-electron chi connectivity index (χ2n) is 5.60. The molecule has 0 saturated heterocycles. The molecule has 2 aliphatic rings. The van der Waals surface area contributed by atoms with Gasteiger partial charge >= 0.3 is 0 Å². The van der Waals surface area contributed by atoms with Crippen molar-refractivity contribution in [2.24, 2.45) is 11.7 Å². The predicted octanol–water partition coefficient (Wildman–Crippen LogP) is 2.39. The van der Waals surface area contributed by atoms with Crippen molar-refractivity contribution in [2.75, 3.05) is 0 Å². The maximum Gasteiger partial charge on any atom is 0.248 e. The fraction of sp³-hybridized carbons (Fsp3) is 0.438. The van der Waals surface area contributed by atoms with Gasteiger partial charge in [0, 0.05) is 17.7 Å². The van der Waals surface area contributed by atoms with E-state index in [9.17, 15) is 4.79 Å². The van der Waals surface area contributed by atoms with Crippen molar-refractivity contribution in [1.82, 2.24) is 4.98 Å². The molecule has 3 nitrogen and oxygen atoms in total. The number of allylic oxidation sites excluding steroid dienone is 2. The number of H-pyrrole nitrogens is 1. The van der Waals surface area contributed by atoms with Gasteiger partial charge < -0.3 is 10.7 Å². The minimum atomic E-state index is -0.433. The monoisotopic (exact) mass is 256 g/mol. The van der Waals surface area contributed by atoms with Crippen LogP contribution in [0.25, 0.3) is 0 Å². The Bertz CT molecular complexity index is 638. The minimum Gasteiger partial charge on any atom is -0.326 e. The molecular weight excluding hydrogens is 236 g/mol. The number of hydrogen-bond donors (Lipinski definition) is 2. The molecule has 2 atom stereocenters. The van der Waals surface area contributed by atoms with Crippen molar-refractivity contribution >= 4 is 0 Å². The molecule has 3 N–H and O–H groups in total. The van der Waals surface area contributed by atoms with Crippen molar-refractivity contribution in [3.8, 4) is 0 Å². The van der Waals surface area contributed by atoms with E-state index in [1.807, 2.05) is 6.07 Å². The molecule has 19 heavy (non-hydrogen) atoms. The SMILES string of the molecule is C/C=C1\[C@@H]2C=C(CC)C[C@@]1(N)c1ccc(=O)[nH]c1C2. The number of nitrogens with one attached hydrogen (secondary N) is 1. The summed E-state index contributed by atoms with van der Waals surface area (Å²) in [6, 6.07) is 3.50. The number of hydrogen-bond acceptors (Lipinski definition) is 2. The Balaban J connectivity index is 2.24. The van der Waals surface area contributed by atoms with Gasteiger partial charge in [0.15, 0.2) is 0 Å². The van der Waals surface area contributed by atoms with Crippen molar-refractivity contribution in [2.45, 2.75) is 38.6 Å². The molecule has 0 radical (unpaired) electrons. The molecule has 1 heterocycles. The molecule has 0 amide bonds. The number of fused-ring (bicyclic) bond motifs is 4. The van der Waals surface area contributed by atoms with E-state index in [-0.39, 0.29) is 5.56 Å². The molecule has 0 unspecified atom stereocenters. The zero-order chi connectivity index (χ0) is 13.6. The number of aromatic nitrogens is 1. The van der Waals surface area contributed by atoms with Crippen LogP contribution in [-0.2, 0) is 12.0 Å². The molecule has 0 aromatic carbocycles. The van der Waals surface area contributed by atoms with Crippen LogP contribution in [-0.4, -0.2) is 4.98 Å². The lowest BCUT2D eigenvalue weighted by Gasteiger charge is -2.45. The fourth-order valence-electron chi connectivity index (χ4n) is 3.67. The van der Waals surface area contributed by atoms with E-state index in [1.54, 1.807) is 6.07 Å². The van der Waals surface area contributed by atoms with Crippen LogP contribution in [0.1, 0.15) is 37.9 Å². The van der Waals surface area contributed by atoms with Crippen molar-refractivity contribution in [3.05, 3.63) is 57.0 Å². The summed E-state index contributed by atoms with van der Waals surface area (Å²) in [6.45, 7) is 4.24. The smallest absolute Gasteiger partial charge is 0.248 e. The molecule has 1 aromatic heterocycles. The van der Waals surface area contributed by atoms with Crippen LogP contribution in [0, 0.1) is 5.92 Å². The lowest BCUT2D eigenvalue weighted by Crippen LogP contribution is -2.48. The Morgan fingerprint density at radius 1 is 1.53 bits per heavy atom. The van der Waals surface area contributed by atoms with Gasteiger partial charge in [-0.1, -0.05) is 24.6 Å². The van der Waals surface area contributed by atoms with Gasteiger partial charge in [0.2, 0.25) is 5.56 Å². The maximum atomic E-state index is 11.5. The summed E-state index contributed by atoms with van der Waals surface area (Å²) in [5.41, 5.74) is 11.1. The van der Waals surface area contributed by atoms with Gasteiger partial charge in [-0.3, -0.25) is 4.79 Å². The standard InChI is InChI=1S/C16H20N2O/c1-3-10-7-11-8-14-13(5-6-15(19)18-14)16(17,9-10)12(11)4-2/h4-7,11H,3,8-9,17H2,1-2H3,(H,18,19)/b12-4+/t11-,16+/m1/s1. The van der Waals surface area contributed by atoms with E-state index in [4.69, 9.17) is 5.73 Å². The van der Waals surface area contributed by atoms with Crippen molar-refractivity contribution in [3.63, 3.8) is 0 Å². The van der Waals surface area contributed by atoms with Gasteiger partial charge in [-0.15, -0.1) is 0 Å². The van der Waals surface area contributed by atoms with Crippen LogP contribution in [0.2, 0.25) is 0 Å². The summed E-state index contributed by atoms with van der Waals surface area (Å²) in [4.78, 5) is 14.5. The predicted molar refractivity (Wildman–Crippen MR) is 76.9 cm³/mol. The summed E-state index contributed by atoms with van der Waals surface area (Å²) >= 11 is 0. The van der Waals surface area contributed by atoms with E-state index in [0.29, 0.717) is 5.92 Å². The average molecular weight is 256 g/mol. The Kier molecular flexibility index (Phi) is 2.75. The number of pyridine rings is 1. The Morgan fingerprint density at radius 3 is 3.00 bits per heavy atom. The van der Waals surface area contributed by atoms with Gasteiger partial charge in [0.1, 0.15) is 0 Å². The lowest BCUT2D eigenvalue weighted by molar-refractivity contribution is 0.405. The molecule has 2 bridgehead atoms. The molecule has 0 spiro atoms. The van der Waals surface area contributed by atoms with Crippen molar-refractivity contribution < 1.29 is 0 Å². The highest BCUT2D eigenvalue weighted by molar-refractivity contribution is 5.49. The number of nitrogens with two attached hydrogens (primary N) is 1. The molecule has 0 fully saturated rings. The van der Waals surface area contributed by atoms with E-state index in [1.165, 1.54) is 11.1 Å². The topological polar surface area (TPSA) is 58.9 Å². The number of rotatable bonds is 1. The molecular formula is C16H20N2O. The normalized spacial score (nSPS) is 31.0. The largest absolute Gasteiger partial charge is 0.326 e. The minimum absolute atomic E-state index is 0.0379. The maximum absolute atomic E-state index is 11.5. The van der Waals surface area contributed by atoms with Gasteiger partial charge in [0.05, 0.1) is 5.54 Å². The second kappa shape index (κ2) is 4.20. The summed E-state index contributed by atoms with van der Waals surface area (Å²) in [5, 5.41) is 0. The zero-order valence-corrected chi connectivity index (χ0v) is 11.5. The zero-order valence-electron chi connectivity index (χ0n) is 11.5. The molecule has 0 aliphatic heterocycles. The third-order valence-electron chi connectivity index (χ3n) is 4.53. The number of aromatic amines is 1. The first-order valence-electron chi connectivity index (χ1n) is 6.96. The first-order valence-corrected chi connectivity index (χ1v) is 6.96. The second-order valence-corrected chi connectivity index (χ2v) is 5.60. The first-order chi connectivity index (χ1) is 9.08. The highest BCUT2D eigenvalue weighted by Gasteiger charge is 2.44. The van der Waals surface area contributed by atoms with Gasteiger partial charge in [-0.25, -0.2) is 0 Å². The summed E-state index contributed by atoms with van der Waals surface area (Å²) in [7, 11) is 0. The Morgan fingerprint density at radius 2 is 2.32 bits per heavy atom. The molecule has 0 saturated carbocycles. The average Bonchev–Trinajstić information content (AvgIpc) is 2.37. The van der Waals surface area contributed by atoms with Gasteiger partial charge in [0.25, 0.3) is 0 Å². The molecule has 1 aromatic rings. The Hall–Kier alpha value is -1.61. The van der Waals surface area contributed by atoms with Crippen LogP contribution in [0.3, 0.4) is 0 Å².